The summed E-state index contributed by atoms with van der Waals surface area (Å²) in [4.78, 5) is 24.6. The summed E-state index contributed by atoms with van der Waals surface area (Å²) in [6.45, 7) is 1.43. The molecule has 98 valence electrons. The SMILES string of the molecule is CCOC(=O)c1ncc(Br)c([N+](=O)[O-])c1C(F)F. The van der Waals surface area contributed by atoms with Crippen molar-refractivity contribution in [3.05, 3.63) is 32.0 Å². The van der Waals surface area contributed by atoms with Gasteiger partial charge in [-0.1, -0.05) is 0 Å². The number of aromatic nitrogens is 1. The maximum atomic E-state index is 12.9. The van der Waals surface area contributed by atoms with Gasteiger partial charge in [0.25, 0.3) is 12.1 Å². The topological polar surface area (TPSA) is 82.3 Å². The molecule has 1 aromatic heterocycles. The van der Waals surface area contributed by atoms with Crippen LogP contribution in [0.2, 0.25) is 0 Å². The molecule has 0 fully saturated rings. The van der Waals surface area contributed by atoms with Gasteiger partial charge in [0.2, 0.25) is 0 Å². The molecule has 0 N–H and O–H groups in total. The monoisotopic (exact) mass is 324 g/mol. The Morgan fingerprint density at radius 1 is 1.67 bits per heavy atom. The summed E-state index contributed by atoms with van der Waals surface area (Å²) < 4.78 is 30.0. The summed E-state index contributed by atoms with van der Waals surface area (Å²) in [7, 11) is 0. The Morgan fingerprint density at radius 2 is 2.28 bits per heavy atom. The average molecular weight is 325 g/mol. The van der Waals surface area contributed by atoms with E-state index in [0.29, 0.717) is 0 Å². The lowest BCUT2D eigenvalue weighted by Crippen LogP contribution is -2.13. The number of halogens is 3. The summed E-state index contributed by atoms with van der Waals surface area (Å²) >= 11 is 2.75. The lowest BCUT2D eigenvalue weighted by Gasteiger charge is -2.08. The first-order chi connectivity index (χ1) is 8.40. The first-order valence-corrected chi connectivity index (χ1v) is 5.47. The third-order valence-electron chi connectivity index (χ3n) is 1.91. The molecule has 0 spiro atoms. The van der Waals surface area contributed by atoms with Crippen molar-refractivity contribution in [2.75, 3.05) is 6.61 Å². The number of alkyl halides is 2. The fraction of sp³-hybridized carbons (Fsp3) is 0.333. The molecule has 0 aromatic carbocycles. The molecule has 0 radical (unpaired) electrons. The number of rotatable bonds is 4. The lowest BCUT2D eigenvalue weighted by atomic mass is 10.1. The van der Waals surface area contributed by atoms with Crippen molar-refractivity contribution in [3.8, 4) is 0 Å². The first kappa shape index (κ1) is 14.4. The van der Waals surface area contributed by atoms with E-state index in [1.807, 2.05) is 0 Å². The van der Waals surface area contributed by atoms with Gasteiger partial charge < -0.3 is 4.74 Å². The van der Waals surface area contributed by atoms with Crippen molar-refractivity contribution in [3.63, 3.8) is 0 Å². The van der Waals surface area contributed by atoms with Gasteiger partial charge in [-0.25, -0.2) is 18.6 Å². The third-order valence-corrected chi connectivity index (χ3v) is 2.49. The highest BCUT2D eigenvalue weighted by Crippen LogP contribution is 2.36. The Morgan fingerprint density at radius 3 is 2.72 bits per heavy atom. The predicted molar refractivity (Wildman–Crippen MR) is 59.5 cm³/mol. The van der Waals surface area contributed by atoms with Gasteiger partial charge in [-0.05, 0) is 22.9 Å². The second-order valence-corrected chi connectivity index (χ2v) is 3.85. The Labute approximate surface area is 108 Å². The number of carbonyl (C=O) groups excluding carboxylic acids is 1. The summed E-state index contributed by atoms with van der Waals surface area (Å²) in [5.41, 5.74) is -2.68. The second kappa shape index (κ2) is 5.80. The summed E-state index contributed by atoms with van der Waals surface area (Å²) in [5, 5.41) is 10.7. The molecule has 1 rings (SSSR count). The van der Waals surface area contributed by atoms with Crippen LogP contribution < -0.4 is 0 Å². The highest BCUT2D eigenvalue weighted by atomic mass is 79.9. The standard InChI is InChI=1S/C9H7BrF2N2O4/c1-2-18-9(15)6-5(8(11)12)7(14(16)17)4(10)3-13-6/h3,8H,2H2,1H3. The molecule has 0 bridgehead atoms. The van der Waals surface area contributed by atoms with Gasteiger partial charge in [-0.2, -0.15) is 0 Å². The zero-order chi connectivity index (χ0) is 13.9. The minimum absolute atomic E-state index is 0.0486. The molecule has 0 aliphatic carbocycles. The highest BCUT2D eigenvalue weighted by molar-refractivity contribution is 9.10. The molecular formula is C9H7BrF2N2O4. The molecule has 0 atom stereocenters. The molecule has 0 saturated heterocycles. The van der Waals surface area contributed by atoms with Crippen LogP contribution in [0.3, 0.4) is 0 Å². The number of hydrogen-bond acceptors (Lipinski definition) is 5. The summed E-state index contributed by atoms with van der Waals surface area (Å²) in [5.74, 6) is -1.12. The largest absolute Gasteiger partial charge is 0.461 e. The minimum atomic E-state index is -3.21. The van der Waals surface area contributed by atoms with E-state index >= 15 is 0 Å². The molecule has 18 heavy (non-hydrogen) atoms. The second-order valence-electron chi connectivity index (χ2n) is 3.00. The third kappa shape index (κ3) is 2.78. The van der Waals surface area contributed by atoms with E-state index in [1.54, 1.807) is 0 Å². The molecule has 0 unspecified atom stereocenters. The molecule has 0 aliphatic rings. The molecule has 0 aliphatic heterocycles. The van der Waals surface area contributed by atoms with Gasteiger partial charge in [0.1, 0.15) is 10.0 Å². The van der Waals surface area contributed by atoms with Crippen LogP contribution in [0.25, 0.3) is 0 Å². The molecular weight excluding hydrogens is 318 g/mol. The fourth-order valence-corrected chi connectivity index (χ4v) is 1.71. The van der Waals surface area contributed by atoms with Gasteiger partial charge in [0.05, 0.1) is 11.5 Å². The normalized spacial score (nSPS) is 10.5. The number of ether oxygens (including phenoxy) is 1. The Kier molecular flexibility index (Phi) is 4.65. The number of nitro groups is 1. The summed E-state index contributed by atoms with van der Waals surface area (Å²) in [6.07, 6.45) is -2.30. The smallest absolute Gasteiger partial charge is 0.357 e. The number of hydrogen-bond donors (Lipinski definition) is 0. The predicted octanol–water partition coefficient (Wildman–Crippen LogP) is 2.87. The van der Waals surface area contributed by atoms with Crippen LogP contribution in [0.1, 0.15) is 29.4 Å². The molecule has 1 aromatic rings. The maximum Gasteiger partial charge on any atom is 0.357 e. The van der Waals surface area contributed by atoms with Crippen molar-refractivity contribution >= 4 is 27.6 Å². The van der Waals surface area contributed by atoms with E-state index in [4.69, 9.17) is 0 Å². The Bertz CT molecular complexity index is 496. The number of nitrogens with zero attached hydrogens (tertiary/aromatic N) is 2. The molecule has 1 heterocycles. The van der Waals surface area contributed by atoms with E-state index in [0.717, 1.165) is 6.20 Å². The molecule has 0 amide bonds. The molecule has 6 nitrogen and oxygen atoms in total. The van der Waals surface area contributed by atoms with Crippen LogP contribution in [0.5, 0.6) is 0 Å². The van der Waals surface area contributed by atoms with E-state index in [-0.39, 0.29) is 11.1 Å². The Hall–Kier alpha value is -1.64. The van der Waals surface area contributed by atoms with Gasteiger partial charge in [-0.3, -0.25) is 10.1 Å². The fourth-order valence-electron chi connectivity index (χ4n) is 1.25. The van der Waals surface area contributed by atoms with Crippen molar-refractivity contribution < 1.29 is 23.2 Å². The number of carbonyl (C=O) groups is 1. The summed E-state index contributed by atoms with van der Waals surface area (Å²) in [6, 6.07) is 0. The van der Waals surface area contributed by atoms with Crippen LogP contribution >= 0.6 is 15.9 Å². The first-order valence-electron chi connectivity index (χ1n) is 4.68. The van der Waals surface area contributed by atoms with Crippen molar-refractivity contribution in [2.24, 2.45) is 0 Å². The van der Waals surface area contributed by atoms with Crippen LogP contribution in [-0.2, 0) is 4.74 Å². The van der Waals surface area contributed by atoms with E-state index in [9.17, 15) is 23.7 Å². The molecule has 9 heteroatoms. The zero-order valence-corrected chi connectivity index (χ0v) is 10.6. The van der Waals surface area contributed by atoms with Crippen LogP contribution in [-0.4, -0.2) is 22.5 Å². The van der Waals surface area contributed by atoms with Gasteiger partial charge in [-0.15, -0.1) is 0 Å². The van der Waals surface area contributed by atoms with E-state index < -0.39 is 34.3 Å². The van der Waals surface area contributed by atoms with Crippen LogP contribution in [0.4, 0.5) is 14.5 Å². The van der Waals surface area contributed by atoms with Gasteiger partial charge in [0, 0.05) is 6.20 Å². The zero-order valence-electron chi connectivity index (χ0n) is 9.02. The van der Waals surface area contributed by atoms with Crippen LogP contribution in [0, 0.1) is 10.1 Å². The maximum absolute atomic E-state index is 12.9. The van der Waals surface area contributed by atoms with Crippen molar-refractivity contribution in [1.82, 2.24) is 4.98 Å². The Balaban J connectivity index is 3.49. The van der Waals surface area contributed by atoms with Crippen LogP contribution in [0.15, 0.2) is 10.7 Å². The lowest BCUT2D eigenvalue weighted by molar-refractivity contribution is -0.387. The van der Waals surface area contributed by atoms with E-state index in [2.05, 4.69) is 25.7 Å². The minimum Gasteiger partial charge on any atom is -0.461 e. The van der Waals surface area contributed by atoms with Crippen molar-refractivity contribution in [2.45, 2.75) is 13.3 Å². The van der Waals surface area contributed by atoms with Gasteiger partial charge in [0.15, 0.2) is 5.69 Å². The van der Waals surface area contributed by atoms with Crippen molar-refractivity contribution in [1.29, 1.82) is 0 Å². The van der Waals surface area contributed by atoms with Gasteiger partial charge >= 0.3 is 5.97 Å². The highest BCUT2D eigenvalue weighted by Gasteiger charge is 2.33. The number of pyridine rings is 1. The van der Waals surface area contributed by atoms with E-state index in [1.165, 1.54) is 6.92 Å². The number of esters is 1. The average Bonchev–Trinajstić information content (AvgIpc) is 2.27. The quantitative estimate of drug-likeness (QED) is 0.483. The molecule has 0 saturated carbocycles.